The molecule has 5 aromatic carbocycles. The minimum Gasteiger partial charge on any atom is -0.457 e. The van der Waals surface area contributed by atoms with Crippen molar-refractivity contribution in [1.82, 2.24) is 10.2 Å². The van der Waals surface area contributed by atoms with Gasteiger partial charge in [-0.25, -0.2) is 4.79 Å². The second kappa shape index (κ2) is 17.9. The van der Waals surface area contributed by atoms with Gasteiger partial charge in [0.05, 0.1) is 25.4 Å². The Kier molecular flexibility index (Phi) is 12.3. The third-order valence-electron chi connectivity index (χ3n) is 10.4. The zero-order valence-corrected chi connectivity index (χ0v) is 30.9. The number of carbonyl (C=O) groups is 1. The van der Waals surface area contributed by atoms with E-state index in [-0.39, 0.29) is 30.8 Å². The van der Waals surface area contributed by atoms with Crippen LogP contribution in [0.4, 0.5) is 10.5 Å². The summed E-state index contributed by atoms with van der Waals surface area (Å²) in [6.07, 6.45) is 1.47. The molecule has 0 spiro atoms. The molecule has 2 fully saturated rings. The summed E-state index contributed by atoms with van der Waals surface area (Å²) in [4.78, 5) is 15.3. The predicted molar refractivity (Wildman–Crippen MR) is 210 cm³/mol. The van der Waals surface area contributed by atoms with Crippen LogP contribution in [-0.2, 0) is 27.4 Å². The summed E-state index contributed by atoms with van der Waals surface area (Å²) in [7, 11) is 1.77. The number of para-hydroxylation sites is 1. The van der Waals surface area contributed by atoms with Gasteiger partial charge < -0.3 is 34.7 Å². The van der Waals surface area contributed by atoms with Crippen LogP contribution in [0.2, 0.25) is 0 Å². The third-order valence-corrected chi connectivity index (χ3v) is 10.4. The number of carbonyl (C=O) groups excluding carboxylic acids is 1. The van der Waals surface area contributed by atoms with E-state index in [4.69, 9.17) is 18.9 Å². The standard InChI is InChI=1S/C45H49N3O6/c1-31-42(28-48-24-8-13-39(48)30-51-2)53-44(54-43(31)34-18-16-32(29-49)17-19-34)37-12-7-11-36(26-37)35-10-6-9-33(25-35)27-46-45(50)47-38-20-22-41(23-21-38)52-40-14-4-3-5-15-40/h3-7,9-12,14-23,25-26,31,39,42-44,49H,8,13,24,27-30H2,1-2H3,(H2,46,47,50)/t31-,39+,42+,43+,44+/m1/s1. The normalized spacial score (nSPS) is 21.4. The third kappa shape index (κ3) is 9.36. The van der Waals surface area contributed by atoms with E-state index < -0.39 is 6.29 Å². The van der Waals surface area contributed by atoms with Crippen LogP contribution in [-0.4, -0.2) is 55.0 Å². The number of urea groups is 1. The number of benzene rings is 5. The number of aliphatic hydroxyl groups is 1. The highest BCUT2D eigenvalue weighted by molar-refractivity contribution is 5.89. The number of amides is 2. The summed E-state index contributed by atoms with van der Waals surface area (Å²) in [6, 6.07) is 41.5. The number of aliphatic hydroxyl groups excluding tert-OH is 1. The van der Waals surface area contributed by atoms with Crippen molar-refractivity contribution >= 4 is 11.7 Å². The number of nitrogens with one attached hydrogen (secondary N) is 2. The van der Waals surface area contributed by atoms with Crippen LogP contribution in [0.3, 0.4) is 0 Å². The first-order valence-corrected chi connectivity index (χ1v) is 18.8. The van der Waals surface area contributed by atoms with Crippen LogP contribution in [0.25, 0.3) is 11.1 Å². The van der Waals surface area contributed by atoms with E-state index >= 15 is 0 Å². The van der Waals surface area contributed by atoms with E-state index in [2.05, 4.69) is 64.9 Å². The van der Waals surface area contributed by atoms with Gasteiger partial charge >= 0.3 is 6.03 Å². The maximum Gasteiger partial charge on any atom is 0.319 e. The molecular formula is C45H49N3O6. The molecule has 2 aliphatic heterocycles. The Balaban J connectivity index is 1.02. The average molecular weight is 728 g/mol. The van der Waals surface area contributed by atoms with Gasteiger partial charge in [-0.05, 0) is 95.7 Å². The highest BCUT2D eigenvalue weighted by Crippen LogP contribution is 2.43. The molecule has 5 atom stereocenters. The van der Waals surface area contributed by atoms with E-state index in [1.165, 1.54) is 0 Å². The second-order valence-corrected chi connectivity index (χ2v) is 14.1. The van der Waals surface area contributed by atoms with Crippen molar-refractivity contribution in [2.45, 2.75) is 57.5 Å². The number of likely N-dealkylation sites (tertiary alicyclic amines) is 1. The number of ether oxygens (including phenoxy) is 4. The monoisotopic (exact) mass is 727 g/mol. The van der Waals surface area contributed by atoms with Crippen molar-refractivity contribution in [1.29, 1.82) is 0 Å². The number of hydrogen-bond donors (Lipinski definition) is 3. The van der Waals surface area contributed by atoms with Crippen LogP contribution in [0.1, 0.15) is 54.4 Å². The fraction of sp³-hybridized carbons (Fsp3) is 0.311. The van der Waals surface area contributed by atoms with E-state index in [1.807, 2.05) is 84.9 Å². The molecule has 2 saturated heterocycles. The summed E-state index contributed by atoms with van der Waals surface area (Å²) in [5.74, 6) is 1.54. The fourth-order valence-electron chi connectivity index (χ4n) is 7.39. The van der Waals surface area contributed by atoms with E-state index in [0.717, 1.165) is 65.1 Å². The SMILES string of the molecule is COC[C@@H]1CCCN1C[C@@H]1O[C@H](c2cccc(-c3cccc(CNC(=O)Nc4ccc(Oc5ccccc5)cc4)c3)c2)O[C@H](c2ccc(CO)cc2)[C@@H]1C. The summed E-state index contributed by atoms with van der Waals surface area (Å²) >= 11 is 0. The molecular weight excluding hydrogens is 679 g/mol. The minimum absolute atomic E-state index is 0.00328. The largest absolute Gasteiger partial charge is 0.457 e. The Bertz CT molecular complexity index is 1960. The first-order valence-electron chi connectivity index (χ1n) is 18.8. The molecule has 0 aromatic heterocycles. The quantitative estimate of drug-likeness (QED) is 0.111. The topological polar surface area (TPSA) is 102 Å². The second-order valence-electron chi connectivity index (χ2n) is 14.1. The van der Waals surface area contributed by atoms with E-state index in [0.29, 0.717) is 30.6 Å². The molecule has 7 rings (SSSR count). The first-order chi connectivity index (χ1) is 26.4. The lowest BCUT2D eigenvalue weighted by Gasteiger charge is -2.43. The molecule has 0 saturated carbocycles. The molecule has 0 unspecified atom stereocenters. The van der Waals surface area contributed by atoms with Crippen LogP contribution in [0, 0.1) is 5.92 Å². The smallest absolute Gasteiger partial charge is 0.319 e. The van der Waals surface area contributed by atoms with Gasteiger partial charge in [0.15, 0.2) is 6.29 Å². The molecule has 9 nitrogen and oxygen atoms in total. The molecule has 2 aliphatic rings. The lowest BCUT2D eigenvalue weighted by atomic mass is 9.89. The maximum absolute atomic E-state index is 12.8. The molecule has 0 aliphatic carbocycles. The lowest BCUT2D eigenvalue weighted by Crippen LogP contribution is -2.46. The van der Waals surface area contributed by atoms with Crippen LogP contribution in [0.15, 0.2) is 127 Å². The van der Waals surface area contributed by atoms with Crippen LogP contribution in [0.5, 0.6) is 11.5 Å². The maximum atomic E-state index is 12.8. The molecule has 0 radical (unpaired) electrons. The van der Waals surface area contributed by atoms with Gasteiger partial charge in [-0.15, -0.1) is 0 Å². The number of anilines is 1. The van der Waals surface area contributed by atoms with Crippen molar-refractivity contribution < 1.29 is 28.8 Å². The molecule has 280 valence electrons. The summed E-state index contributed by atoms with van der Waals surface area (Å²) in [5.41, 5.74) is 6.59. The van der Waals surface area contributed by atoms with Gasteiger partial charge in [0.2, 0.25) is 0 Å². The molecule has 2 heterocycles. The molecule has 9 heteroatoms. The Morgan fingerprint density at radius 1 is 0.815 bits per heavy atom. The summed E-state index contributed by atoms with van der Waals surface area (Å²) in [5, 5.41) is 15.5. The zero-order valence-electron chi connectivity index (χ0n) is 30.9. The van der Waals surface area contributed by atoms with Gasteiger partial charge in [-0.1, -0.05) is 85.8 Å². The van der Waals surface area contributed by atoms with E-state index in [9.17, 15) is 9.90 Å². The Morgan fingerprint density at radius 3 is 2.31 bits per heavy atom. The fourth-order valence-corrected chi connectivity index (χ4v) is 7.39. The van der Waals surface area contributed by atoms with Crippen molar-refractivity contribution in [2.24, 2.45) is 5.92 Å². The highest BCUT2D eigenvalue weighted by atomic mass is 16.7. The molecule has 54 heavy (non-hydrogen) atoms. The minimum atomic E-state index is -0.565. The van der Waals surface area contributed by atoms with Crippen molar-refractivity contribution in [3.63, 3.8) is 0 Å². The van der Waals surface area contributed by atoms with Crippen LogP contribution < -0.4 is 15.4 Å². The molecule has 0 bridgehead atoms. The first kappa shape index (κ1) is 37.3. The lowest BCUT2D eigenvalue weighted by molar-refractivity contribution is -0.276. The zero-order chi connectivity index (χ0) is 37.3. The average Bonchev–Trinajstić information content (AvgIpc) is 3.65. The Morgan fingerprint density at radius 2 is 1.56 bits per heavy atom. The van der Waals surface area contributed by atoms with Gasteiger partial charge in [0, 0.05) is 43.4 Å². The molecule has 5 aromatic rings. The number of rotatable bonds is 13. The van der Waals surface area contributed by atoms with E-state index in [1.54, 1.807) is 7.11 Å². The number of methoxy groups -OCH3 is 1. The Labute approximate surface area is 317 Å². The van der Waals surface area contributed by atoms with Crippen molar-refractivity contribution in [2.75, 3.05) is 32.1 Å². The predicted octanol–water partition coefficient (Wildman–Crippen LogP) is 8.86. The van der Waals surface area contributed by atoms with Crippen LogP contribution >= 0.6 is 0 Å². The molecule has 3 N–H and O–H groups in total. The van der Waals surface area contributed by atoms with Crippen molar-refractivity contribution in [3.8, 4) is 22.6 Å². The molecule has 2 amide bonds. The van der Waals surface area contributed by atoms with Gasteiger partial charge in [-0.3, -0.25) is 4.90 Å². The summed E-state index contributed by atoms with van der Waals surface area (Å²) < 4.78 is 25.0. The highest BCUT2D eigenvalue weighted by Gasteiger charge is 2.40. The number of hydrogen-bond acceptors (Lipinski definition) is 7. The summed E-state index contributed by atoms with van der Waals surface area (Å²) in [6.45, 7) is 5.12. The van der Waals surface area contributed by atoms with Gasteiger partial charge in [-0.2, -0.15) is 0 Å². The number of nitrogens with zero attached hydrogens (tertiary/aromatic N) is 1. The van der Waals surface area contributed by atoms with Gasteiger partial charge in [0.25, 0.3) is 0 Å². The van der Waals surface area contributed by atoms with Gasteiger partial charge in [0.1, 0.15) is 11.5 Å². The Hall–Kier alpha value is -5.03. The van der Waals surface area contributed by atoms with Crippen molar-refractivity contribution in [3.05, 3.63) is 150 Å².